The van der Waals surface area contributed by atoms with Crippen LogP contribution in [0.4, 0.5) is 5.69 Å². The molecule has 0 radical (unpaired) electrons. The molecule has 0 bridgehead atoms. The van der Waals surface area contributed by atoms with Crippen molar-refractivity contribution in [2.75, 3.05) is 5.73 Å². The number of anilines is 1. The molecule has 0 saturated heterocycles. The van der Waals surface area contributed by atoms with Crippen molar-refractivity contribution < 1.29 is 4.79 Å². The van der Waals surface area contributed by atoms with Crippen molar-refractivity contribution in [3.63, 3.8) is 0 Å². The summed E-state index contributed by atoms with van der Waals surface area (Å²) in [7, 11) is 0. The van der Waals surface area contributed by atoms with E-state index in [9.17, 15) is 4.79 Å². The number of ketones is 1. The normalized spacial score (nSPS) is 10.5. The number of nitrogens with two attached hydrogens (primary N) is 1. The van der Waals surface area contributed by atoms with Crippen LogP contribution in [-0.4, -0.2) is 5.78 Å². The summed E-state index contributed by atoms with van der Waals surface area (Å²) in [6, 6.07) is 9.56. The molecule has 19 heavy (non-hydrogen) atoms. The number of hydrogen-bond acceptors (Lipinski definition) is 2. The lowest BCUT2D eigenvalue weighted by molar-refractivity contribution is 0.103. The fourth-order valence-electron chi connectivity index (χ4n) is 2.56. The first kappa shape index (κ1) is 13.3. The molecule has 0 fully saturated rings. The van der Waals surface area contributed by atoms with Crippen LogP contribution >= 0.6 is 0 Å². The standard InChI is InChI=1S/C17H19NO/c1-10-7-12(3)16(13(4)8-10)17(19)15-9-14(18)6-5-11(15)2/h5-9H,18H2,1-4H3. The van der Waals surface area contributed by atoms with Crippen LogP contribution in [0.2, 0.25) is 0 Å². The zero-order valence-electron chi connectivity index (χ0n) is 11.9. The van der Waals surface area contributed by atoms with Crippen molar-refractivity contribution in [1.29, 1.82) is 0 Å². The summed E-state index contributed by atoms with van der Waals surface area (Å²) in [6.45, 7) is 7.94. The van der Waals surface area contributed by atoms with Gasteiger partial charge in [0.25, 0.3) is 0 Å². The Morgan fingerprint density at radius 1 is 0.895 bits per heavy atom. The molecule has 0 unspecified atom stereocenters. The summed E-state index contributed by atoms with van der Waals surface area (Å²) < 4.78 is 0. The van der Waals surface area contributed by atoms with Gasteiger partial charge in [-0.15, -0.1) is 0 Å². The van der Waals surface area contributed by atoms with E-state index in [0.29, 0.717) is 11.3 Å². The van der Waals surface area contributed by atoms with E-state index in [2.05, 4.69) is 0 Å². The molecule has 98 valence electrons. The van der Waals surface area contributed by atoms with Gasteiger partial charge >= 0.3 is 0 Å². The minimum absolute atomic E-state index is 0.0554. The van der Waals surface area contributed by atoms with Crippen LogP contribution in [0.25, 0.3) is 0 Å². The van der Waals surface area contributed by atoms with E-state index in [-0.39, 0.29) is 5.78 Å². The molecular weight excluding hydrogens is 234 g/mol. The van der Waals surface area contributed by atoms with E-state index in [1.807, 2.05) is 52.0 Å². The highest BCUT2D eigenvalue weighted by molar-refractivity contribution is 6.12. The molecule has 0 heterocycles. The van der Waals surface area contributed by atoms with E-state index in [4.69, 9.17) is 5.73 Å². The van der Waals surface area contributed by atoms with Crippen LogP contribution < -0.4 is 5.73 Å². The number of hydrogen-bond donors (Lipinski definition) is 1. The molecule has 0 aromatic heterocycles. The van der Waals surface area contributed by atoms with Crippen molar-refractivity contribution >= 4 is 11.5 Å². The first-order chi connectivity index (χ1) is 8.90. The predicted octanol–water partition coefficient (Wildman–Crippen LogP) is 3.73. The van der Waals surface area contributed by atoms with Crippen LogP contribution in [0.15, 0.2) is 30.3 Å². The van der Waals surface area contributed by atoms with Crippen LogP contribution in [-0.2, 0) is 0 Å². The zero-order valence-corrected chi connectivity index (χ0v) is 11.9. The van der Waals surface area contributed by atoms with Gasteiger partial charge in [0.2, 0.25) is 0 Å². The Balaban J connectivity index is 2.59. The molecule has 2 N–H and O–H groups in total. The third kappa shape index (κ3) is 2.53. The minimum Gasteiger partial charge on any atom is -0.399 e. The second kappa shape index (κ2) is 4.88. The van der Waals surface area contributed by atoms with Gasteiger partial charge in [-0.25, -0.2) is 0 Å². The van der Waals surface area contributed by atoms with Crippen molar-refractivity contribution in [3.8, 4) is 0 Å². The maximum atomic E-state index is 12.7. The van der Waals surface area contributed by atoms with Gasteiger partial charge in [0.15, 0.2) is 5.78 Å². The number of nitrogen functional groups attached to an aromatic ring is 1. The number of benzene rings is 2. The van der Waals surface area contributed by atoms with Gasteiger partial charge in [-0.05, 0) is 56.5 Å². The fourth-order valence-corrected chi connectivity index (χ4v) is 2.56. The molecule has 0 atom stereocenters. The zero-order chi connectivity index (χ0) is 14.2. The average Bonchev–Trinajstić information content (AvgIpc) is 2.30. The lowest BCUT2D eigenvalue weighted by Gasteiger charge is -2.12. The quantitative estimate of drug-likeness (QED) is 0.654. The molecule has 2 aromatic rings. The van der Waals surface area contributed by atoms with Gasteiger partial charge in [-0.3, -0.25) is 4.79 Å². The van der Waals surface area contributed by atoms with E-state index < -0.39 is 0 Å². The van der Waals surface area contributed by atoms with Gasteiger partial charge < -0.3 is 5.73 Å². The summed E-state index contributed by atoms with van der Waals surface area (Å²) >= 11 is 0. The smallest absolute Gasteiger partial charge is 0.193 e. The van der Waals surface area contributed by atoms with Crippen molar-refractivity contribution in [2.24, 2.45) is 0 Å². The molecule has 0 aliphatic carbocycles. The lowest BCUT2D eigenvalue weighted by atomic mass is 9.91. The molecular formula is C17H19NO. The third-order valence-corrected chi connectivity index (χ3v) is 3.41. The van der Waals surface area contributed by atoms with Gasteiger partial charge in [0, 0.05) is 16.8 Å². The molecule has 0 amide bonds. The Labute approximate surface area is 114 Å². The minimum atomic E-state index is 0.0554. The topological polar surface area (TPSA) is 43.1 Å². The molecule has 2 heteroatoms. The molecule has 0 aliphatic heterocycles. The SMILES string of the molecule is Cc1cc(C)c(C(=O)c2cc(N)ccc2C)c(C)c1. The van der Waals surface area contributed by atoms with E-state index in [1.165, 1.54) is 5.56 Å². The summed E-state index contributed by atoms with van der Waals surface area (Å²) in [5, 5.41) is 0. The Hall–Kier alpha value is -2.09. The summed E-state index contributed by atoms with van der Waals surface area (Å²) in [6.07, 6.45) is 0. The predicted molar refractivity (Wildman–Crippen MR) is 79.7 cm³/mol. The second-order valence-corrected chi connectivity index (χ2v) is 5.18. The number of carbonyl (C=O) groups excluding carboxylic acids is 1. The fraction of sp³-hybridized carbons (Fsp3) is 0.235. The molecule has 2 rings (SSSR count). The van der Waals surface area contributed by atoms with Gasteiger partial charge in [0.05, 0.1) is 0 Å². The maximum Gasteiger partial charge on any atom is 0.193 e. The highest BCUT2D eigenvalue weighted by atomic mass is 16.1. The van der Waals surface area contributed by atoms with Crippen molar-refractivity contribution in [2.45, 2.75) is 27.7 Å². The Morgan fingerprint density at radius 3 is 2.05 bits per heavy atom. The highest BCUT2D eigenvalue weighted by Gasteiger charge is 2.16. The Morgan fingerprint density at radius 2 is 1.47 bits per heavy atom. The van der Waals surface area contributed by atoms with Gasteiger partial charge in [0.1, 0.15) is 0 Å². The summed E-state index contributed by atoms with van der Waals surface area (Å²) in [4.78, 5) is 12.7. The second-order valence-electron chi connectivity index (χ2n) is 5.18. The summed E-state index contributed by atoms with van der Waals surface area (Å²) in [5.41, 5.74) is 12.1. The Kier molecular flexibility index (Phi) is 3.43. The number of carbonyl (C=O) groups is 1. The molecule has 0 spiro atoms. The molecule has 0 saturated carbocycles. The first-order valence-electron chi connectivity index (χ1n) is 6.39. The third-order valence-electron chi connectivity index (χ3n) is 3.41. The van der Waals surface area contributed by atoms with Crippen LogP contribution in [0.5, 0.6) is 0 Å². The number of aryl methyl sites for hydroxylation is 4. The molecule has 2 nitrogen and oxygen atoms in total. The van der Waals surface area contributed by atoms with Gasteiger partial charge in [-0.2, -0.15) is 0 Å². The summed E-state index contributed by atoms with van der Waals surface area (Å²) in [5.74, 6) is 0.0554. The average molecular weight is 253 g/mol. The van der Waals surface area contributed by atoms with Crippen molar-refractivity contribution in [3.05, 3.63) is 63.7 Å². The van der Waals surface area contributed by atoms with Crippen molar-refractivity contribution in [1.82, 2.24) is 0 Å². The first-order valence-corrected chi connectivity index (χ1v) is 6.39. The lowest BCUT2D eigenvalue weighted by Crippen LogP contribution is -2.09. The monoisotopic (exact) mass is 253 g/mol. The van der Waals surface area contributed by atoms with E-state index >= 15 is 0 Å². The maximum absolute atomic E-state index is 12.7. The van der Waals surface area contributed by atoms with Crippen LogP contribution in [0.3, 0.4) is 0 Å². The van der Waals surface area contributed by atoms with Crippen LogP contribution in [0, 0.1) is 27.7 Å². The molecule has 2 aromatic carbocycles. The van der Waals surface area contributed by atoms with Crippen LogP contribution in [0.1, 0.15) is 38.2 Å². The van der Waals surface area contributed by atoms with E-state index in [0.717, 1.165) is 22.3 Å². The largest absolute Gasteiger partial charge is 0.399 e. The highest BCUT2D eigenvalue weighted by Crippen LogP contribution is 2.23. The van der Waals surface area contributed by atoms with Gasteiger partial charge in [-0.1, -0.05) is 23.8 Å². The molecule has 0 aliphatic rings. The number of rotatable bonds is 2. The Bertz CT molecular complexity index is 633. The van der Waals surface area contributed by atoms with E-state index in [1.54, 1.807) is 6.07 Å².